The van der Waals surface area contributed by atoms with E-state index in [1.165, 1.54) is 19.3 Å². The number of hydrogen-bond donors (Lipinski definition) is 1. The highest BCUT2D eigenvalue weighted by Gasteiger charge is 2.11. The molecule has 0 aromatic rings. The molecule has 15 heavy (non-hydrogen) atoms. The highest BCUT2D eigenvalue weighted by molar-refractivity contribution is 4.66. The summed E-state index contributed by atoms with van der Waals surface area (Å²) in [5.74, 6) is 0. The van der Waals surface area contributed by atoms with Crippen LogP contribution in [0.2, 0.25) is 0 Å². The molecule has 1 atom stereocenters. The monoisotopic (exact) mass is 215 g/mol. The first kappa shape index (κ1) is 12.9. The molecule has 0 aromatic carbocycles. The molecule has 0 radical (unpaired) electrons. The Morgan fingerprint density at radius 3 is 2.93 bits per heavy atom. The summed E-state index contributed by atoms with van der Waals surface area (Å²) in [6, 6.07) is 0. The van der Waals surface area contributed by atoms with Gasteiger partial charge in [-0.25, -0.2) is 0 Å². The van der Waals surface area contributed by atoms with Crippen molar-refractivity contribution in [2.75, 3.05) is 32.9 Å². The van der Waals surface area contributed by atoms with E-state index in [2.05, 4.69) is 12.2 Å². The molecule has 1 N–H and O–H groups in total. The maximum absolute atomic E-state index is 5.78. The Balaban J connectivity index is 1.89. The van der Waals surface area contributed by atoms with E-state index in [4.69, 9.17) is 9.47 Å². The largest absolute Gasteiger partial charge is 0.379 e. The van der Waals surface area contributed by atoms with Gasteiger partial charge in [0.25, 0.3) is 0 Å². The van der Waals surface area contributed by atoms with Crippen molar-refractivity contribution in [3.8, 4) is 0 Å². The lowest BCUT2D eigenvalue weighted by Gasteiger charge is -2.14. The molecule has 1 rings (SSSR count). The minimum Gasteiger partial charge on any atom is -0.379 e. The van der Waals surface area contributed by atoms with Gasteiger partial charge in [0.1, 0.15) is 0 Å². The topological polar surface area (TPSA) is 30.5 Å². The van der Waals surface area contributed by atoms with Crippen LogP contribution in [-0.4, -0.2) is 39.0 Å². The van der Waals surface area contributed by atoms with E-state index >= 15 is 0 Å². The molecular formula is C12H25NO2. The van der Waals surface area contributed by atoms with Gasteiger partial charge in [0.15, 0.2) is 0 Å². The van der Waals surface area contributed by atoms with Crippen molar-refractivity contribution in [3.05, 3.63) is 0 Å². The fourth-order valence-corrected chi connectivity index (χ4v) is 1.78. The highest BCUT2D eigenvalue weighted by Crippen LogP contribution is 2.08. The summed E-state index contributed by atoms with van der Waals surface area (Å²) in [4.78, 5) is 0. The first-order valence-electron chi connectivity index (χ1n) is 6.33. The van der Waals surface area contributed by atoms with Crippen molar-refractivity contribution < 1.29 is 9.47 Å². The summed E-state index contributed by atoms with van der Waals surface area (Å²) in [5.41, 5.74) is 0. The number of nitrogens with one attached hydrogen (secondary N) is 1. The zero-order valence-electron chi connectivity index (χ0n) is 9.96. The van der Waals surface area contributed by atoms with Crippen molar-refractivity contribution in [2.45, 2.75) is 45.1 Å². The summed E-state index contributed by atoms with van der Waals surface area (Å²) in [6.45, 7) is 6.82. The molecule has 0 bridgehead atoms. The van der Waals surface area contributed by atoms with Crippen molar-refractivity contribution in [3.63, 3.8) is 0 Å². The molecule has 1 aliphatic heterocycles. The van der Waals surface area contributed by atoms with Crippen LogP contribution in [0.4, 0.5) is 0 Å². The number of rotatable bonds is 7. The van der Waals surface area contributed by atoms with Crippen LogP contribution in [0.15, 0.2) is 0 Å². The number of ether oxygens (including phenoxy) is 2. The van der Waals surface area contributed by atoms with Crippen LogP contribution in [0.1, 0.15) is 39.0 Å². The Kier molecular flexibility index (Phi) is 7.88. The molecule has 0 spiro atoms. The highest BCUT2D eigenvalue weighted by atomic mass is 16.5. The Morgan fingerprint density at radius 2 is 2.07 bits per heavy atom. The predicted octanol–water partition coefficient (Wildman–Crippen LogP) is 1.96. The first-order valence-corrected chi connectivity index (χ1v) is 6.33. The maximum atomic E-state index is 5.78. The van der Waals surface area contributed by atoms with Crippen molar-refractivity contribution in [2.24, 2.45) is 0 Å². The fraction of sp³-hybridized carbons (Fsp3) is 1.00. The van der Waals surface area contributed by atoms with Gasteiger partial charge in [-0.15, -0.1) is 0 Å². The Labute approximate surface area is 93.5 Å². The average molecular weight is 215 g/mol. The summed E-state index contributed by atoms with van der Waals surface area (Å²) >= 11 is 0. The van der Waals surface area contributed by atoms with Crippen molar-refractivity contribution in [1.82, 2.24) is 5.32 Å². The van der Waals surface area contributed by atoms with Crippen LogP contribution in [0.5, 0.6) is 0 Å². The minimum atomic E-state index is 0.453. The lowest BCUT2D eigenvalue weighted by molar-refractivity contribution is -0.000230. The Bertz CT molecular complexity index is 134. The SMILES string of the molecule is CCCCOCCOC1CCCNCC1. The zero-order valence-corrected chi connectivity index (χ0v) is 9.96. The van der Waals surface area contributed by atoms with E-state index in [1.807, 2.05) is 0 Å². The third-order valence-corrected chi connectivity index (χ3v) is 2.75. The van der Waals surface area contributed by atoms with Crippen LogP contribution in [0, 0.1) is 0 Å². The molecule has 3 heteroatoms. The van der Waals surface area contributed by atoms with Crippen molar-refractivity contribution >= 4 is 0 Å². The summed E-state index contributed by atoms with van der Waals surface area (Å²) in [6.07, 6.45) is 6.40. The van der Waals surface area contributed by atoms with E-state index in [0.29, 0.717) is 6.10 Å². The van der Waals surface area contributed by atoms with Crippen LogP contribution >= 0.6 is 0 Å². The predicted molar refractivity (Wildman–Crippen MR) is 62.2 cm³/mol. The third-order valence-electron chi connectivity index (χ3n) is 2.75. The second-order valence-corrected chi connectivity index (χ2v) is 4.14. The molecule has 1 saturated heterocycles. The van der Waals surface area contributed by atoms with E-state index in [-0.39, 0.29) is 0 Å². The van der Waals surface area contributed by atoms with Gasteiger partial charge in [0.05, 0.1) is 19.3 Å². The molecule has 3 nitrogen and oxygen atoms in total. The second-order valence-electron chi connectivity index (χ2n) is 4.14. The molecule has 0 aromatic heterocycles. The summed E-state index contributed by atoms with van der Waals surface area (Å²) in [5, 5.41) is 3.38. The van der Waals surface area contributed by atoms with Gasteiger partial charge in [0.2, 0.25) is 0 Å². The molecule has 1 aliphatic rings. The van der Waals surface area contributed by atoms with Gasteiger partial charge in [-0.2, -0.15) is 0 Å². The third kappa shape index (κ3) is 6.88. The molecule has 0 saturated carbocycles. The van der Waals surface area contributed by atoms with E-state index < -0.39 is 0 Å². The molecular weight excluding hydrogens is 190 g/mol. The zero-order chi connectivity index (χ0) is 10.8. The Hall–Kier alpha value is -0.120. The second kappa shape index (κ2) is 9.13. The molecule has 1 unspecified atom stereocenters. The number of unbranched alkanes of at least 4 members (excludes halogenated alkanes) is 1. The molecule has 1 fully saturated rings. The molecule has 1 heterocycles. The lowest BCUT2D eigenvalue weighted by atomic mass is 10.2. The molecule has 90 valence electrons. The van der Waals surface area contributed by atoms with Gasteiger partial charge in [0, 0.05) is 6.61 Å². The minimum absolute atomic E-state index is 0.453. The van der Waals surface area contributed by atoms with Crippen LogP contribution in [0.3, 0.4) is 0 Å². The smallest absolute Gasteiger partial charge is 0.0704 e. The average Bonchev–Trinajstić information content (AvgIpc) is 2.52. The standard InChI is InChI=1S/C12H25NO2/c1-2-3-9-14-10-11-15-12-5-4-7-13-8-6-12/h12-13H,2-11H2,1H3. The van der Waals surface area contributed by atoms with Gasteiger partial charge in [-0.3, -0.25) is 0 Å². The van der Waals surface area contributed by atoms with E-state index in [0.717, 1.165) is 45.8 Å². The number of hydrogen-bond acceptors (Lipinski definition) is 3. The molecule has 0 amide bonds. The quantitative estimate of drug-likeness (QED) is 0.659. The van der Waals surface area contributed by atoms with Gasteiger partial charge in [-0.05, 0) is 38.8 Å². The van der Waals surface area contributed by atoms with E-state index in [9.17, 15) is 0 Å². The Morgan fingerprint density at radius 1 is 1.13 bits per heavy atom. The normalized spacial score (nSPS) is 22.6. The van der Waals surface area contributed by atoms with Crippen LogP contribution < -0.4 is 5.32 Å². The van der Waals surface area contributed by atoms with Gasteiger partial charge >= 0.3 is 0 Å². The van der Waals surface area contributed by atoms with Gasteiger partial charge < -0.3 is 14.8 Å². The first-order chi connectivity index (χ1) is 7.43. The fourth-order valence-electron chi connectivity index (χ4n) is 1.78. The summed E-state index contributed by atoms with van der Waals surface area (Å²) < 4.78 is 11.2. The van der Waals surface area contributed by atoms with Crippen LogP contribution in [-0.2, 0) is 9.47 Å². The summed E-state index contributed by atoms with van der Waals surface area (Å²) in [7, 11) is 0. The van der Waals surface area contributed by atoms with Gasteiger partial charge in [-0.1, -0.05) is 13.3 Å². The van der Waals surface area contributed by atoms with Crippen LogP contribution in [0.25, 0.3) is 0 Å². The maximum Gasteiger partial charge on any atom is 0.0704 e. The van der Waals surface area contributed by atoms with Crippen molar-refractivity contribution in [1.29, 1.82) is 0 Å². The molecule has 0 aliphatic carbocycles. The lowest BCUT2D eigenvalue weighted by Crippen LogP contribution is -2.19. The van der Waals surface area contributed by atoms with E-state index in [1.54, 1.807) is 0 Å².